The van der Waals surface area contributed by atoms with E-state index in [1.807, 2.05) is 18.2 Å². The summed E-state index contributed by atoms with van der Waals surface area (Å²) < 4.78 is 0. The number of hydrogen-bond donors (Lipinski definition) is 3. The van der Waals surface area contributed by atoms with E-state index >= 15 is 0 Å². The standard InChI is InChI=1S/C9H11N5O/c10-9(13-11)14-5-8(15)12-6-3-1-2-4-7(6)14/h1-4H,5,11H2,(H2,10,13)(H,12,15). The maximum absolute atomic E-state index is 11.4. The second kappa shape index (κ2) is 3.49. The molecule has 0 aliphatic carbocycles. The molecule has 5 N–H and O–H groups in total. The molecule has 1 amide bonds. The number of nitrogens with one attached hydrogen (secondary N) is 1. The molecule has 6 nitrogen and oxygen atoms in total. The second-order valence-corrected chi connectivity index (χ2v) is 3.14. The number of benzene rings is 1. The summed E-state index contributed by atoms with van der Waals surface area (Å²) in [5.74, 6) is 5.08. The van der Waals surface area contributed by atoms with Crippen LogP contribution in [0.5, 0.6) is 0 Å². The van der Waals surface area contributed by atoms with Crippen LogP contribution < -0.4 is 21.8 Å². The first-order chi connectivity index (χ1) is 7.22. The van der Waals surface area contributed by atoms with E-state index in [0.717, 1.165) is 5.69 Å². The molecule has 0 saturated carbocycles. The van der Waals surface area contributed by atoms with Crippen LogP contribution in [0.3, 0.4) is 0 Å². The average Bonchev–Trinajstić information content (AvgIpc) is 2.26. The zero-order chi connectivity index (χ0) is 10.8. The van der Waals surface area contributed by atoms with Crippen LogP contribution >= 0.6 is 0 Å². The van der Waals surface area contributed by atoms with Gasteiger partial charge in [-0.15, -0.1) is 5.10 Å². The lowest BCUT2D eigenvalue weighted by atomic mass is 10.2. The van der Waals surface area contributed by atoms with E-state index in [2.05, 4.69) is 10.4 Å². The first-order valence-corrected chi connectivity index (χ1v) is 4.42. The lowest BCUT2D eigenvalue weighted by Crippen LogP contribution is -2.46. The first-order valence-electron chi connectivity index (χ1n) is 4.42. The Labute approximate surface area is 86.5 Å². The molecule has 1 aliphatic rings. The van der Waals surface area contributed by atoms with Crippen LogP contribution in [-0.2, 0) is 4.79 Å². The fraction of sp³-hybridized carbons (Fsp3) is 0.111. The Morgan fingerprint density at radius 2 is 2.20 bits per heavy atom. The summed E-state index contributed by atoms with van der Waals surface area (Å²) >= 11 is 0. The molecule has 1 heterocycles. The summed E-state index contributed by atoms with van der Waals surface area (Å²) in [5.41, 5.74) is 7.10. The highest BCUT2D eigenvalue weighted by atomic mass is 16.2. The van der Waals surface area contributed by atoms with Gasteiger partial charge in [-0.05, 0) is 12.1 Å². The predicted octanol–water partition coefficient (Wildman–Crippen LogP) is -0.366. The molecule has 1 aromatic carbocycles. The quantitative estimate of drug-likeness (QED) is 0.233. The summed E-state index contributed by atoms with van der Waals surface area (Å²) in [4.78, 5) is 12.9. The van der Waals surface area contributed by atoms with Crippen molar-refractivity contribution in [3.8, 4) is 0 Å². The van der Waals surface area contributed by atoms with Gasteiger partial charge in [0.2, 0.25) is 11.9 Å². The lowest BCUT2D eigenvalue weighted by molar-refractivity contribution is -0.115. The van der Waals surface area contributed by atoms with Crippen molar-refractivity contribution >= 4 is 23.2 Å². The van der Waals surface area contributed by atoms with Crippen molar-refractivity contribution in [1.82, 2.24) is 0 Å². The van der Waals surface area contributed by atoms with E-state index in [-0.39, 0.29) is 18.4 Å². The third kappa shape index (κ3) is 1.56. The van der Waals surface area contributed by atoms with Crippen LogP contribution in [0.1, 0.15) is 0 Å². The largest absolute Gasteiger partial charge is 0.368 e. The van der Waals surface area contributed by atoms with Gasteiger partial charge in [-0.3, -0.25) is 9.69 Å². The van der Waals surface area contributed by atoms with Crippen molar-refractivity contribution < 1.29 is 4.79 Å². The van der Waals surface area contributed by atoms with Gasteiger partial charge in [0.1, 0.15) is 6.54 Å². The average molecular weight is 205 g/mol. The fourth-order valence-electron chi connectivity index (χ4n) is 1.51. The first kappa shape index (κ1) is 9.32. The summed E-state index contributed by atoms with van der Waals surface area (Å²) in [5, 5.41) is 6.12. The number of carbonyl (C=O) groups is 1. The predicted molar refractivity (Wildman–Crippen MR) is 58.2 cm³/mol. The van der Waals surface area contributed by atoms with Gasteiger partial charge in [0.05, 0.1) is 11.4 Å². The third-order valence-electron chi connectivity index (χ3n) is 2.18. The maximum Gasteiger partial charge on any atom is 0.244 e. The number of fused-ring (bicyclic) bond motifs is 1. The molecule has 1 aliphatic heterocycles. The van der Waals surface area contributed by atoms with Crippen molar-refractivity contribution in [1.29, 1.82) is 0 Å². The third-order valence-corrected chi connectivity index (χ3v) is 2.18. The van der Waals surface area contributed by atoms with Gasteiger partial charge < -0.3 is 16.9 Å². The minimum absolute atomic E-state index is 0.123. The number of nitrogens with two attached hydrogens (primary N) is 2. The molecule has 6 heteroatoms. The number of amides is 1. The molecule has 1 aromatic rings. The van der Waals surface area contributed by atoms with Crippen molar-refractivity contribution in [3.05, 3.63) is 24.3 Å². The van der Waals surface area contributed by atoms with Crippen LogP contribution in [-0.4, -0.2) is 18.4 Å². The zero-order valence-electron chi connectivity index (χ0n) is 7.97. The summed E-state index contributed by atoms with van der Waals surface area (Å²) in [6, 6.07) is 7.32. The van der Waals surface area contributed by atoms with Crippen LogP contribution in [0.25, 0.3) is 0 Å². The monoisotopic (exact) mass is 205 g/mol. The number of rotatable bonds is 0. The Morgan fingerprint density at radius 1 is 1.47 bits per heavy atom. The number of nitrogens with zero attached hydrogens (tertiary/aromatic N) is 2. The van der Waals surface area contributed by atoms with Crippen molar-refractivity contribution in [2.45, 2.75) is 0 Å². The molecule has 15 heavy (non-hydrogen) atoms. The molecule has 0 atom stereocenters. The number of para-hydroxylation sites is 2. The summed E-state index contributed by atoms with van der Waals surface area (Å²) in [6.45, 7) is 0.129. The smallest absolute Gasteiger partial charge is 0.244 e. The van der Waals surface area contributed by atoms with Gasteiger partial charge in [0.25, 0.3) is 0 Å². The van der Waals surface area contributed by atoms with Crippen molar-refractivity contribution in [3.63, 3.8) is 0 Å². The van der Waals surface area contributed by atoms with Crippen LogP contribution in [0.15, 0.2) is 29.4 Å². The van der Waals surface area contributed by atoms with E-state index in [4.69, 9.17) is 11.6 Å². The van der Waals surface area contributed by atoms with Gasteiger partial charge in [-0.25, -0.2) is 0 Å². The van der Waals surface area contributed by atoms with Crippen LogP contribution in [0, 0.1) is 0 Å². The summed E-state index contributed by atoms with van der Waals surface area (Å²) in [7, 11) is 0. The Balaban J connectivity index is 2.47. The Morgan fingerprint density at radius 3 is 2.93 bits per heavy atom. The highest BCUT2D eigenvalue weighted by Gasteiger charge is 2.23. The molecule has 0 bridgehead atoms. The highest BCUT2D eigenvalue weighted by molar-refractivity contribution is 6.10. The fourth-order valence-corrected chi connectivity index (χ4v) is 1.51. The van der Waals surface area contributed by atoms with Gasteiger partial charge in [-0.1, -0.05) is 12.1 Å². The second-order valence-electron chi connectivity index (χ2n) is 3.14. The minimum atomic E-state index is -0.139. The molecule has 0 radical (unpaired) electrons. The molecule has 78 valence electrons. The Bertz CT molecular complexity index is 428. The van der Waals surface area contributed by atoms with Gasteiger partial charge in [0.15, 0.2) is 0 Å². The van der Waals surface area contributed by atoms with E-state index < -0.39 is 0 Å². The lowest BCUT2D eigenvalue weighted by Gasteiger charge is -2.29. The minimum Gasteiger partial charge on any atom is -0.368 e. The summed E-state index contributed by atoms with van der Waals surface area (Å²) in [6.07, 6.45) is 0. The number of hydrogen-bond acceptors (Lipinski definition) is 3. The van der Waals surface area contributed by atoms with Gasteiger partial charge in [0, 0.05) is 0 Å². The SMILES string of the molecule is NN=C(N)N1CC(=O)Nc2ccccc21. The molecule has 0 unspecified atom stereocenters. The Hall–Kier alpha value is -2.24. The van der Waals surface area contributed by atoms with E-state index in [1.54, 1.807) is 11.0 Å². The zero-order valence-corrected chi connectivity index (χ0v) is 7.97. The van der Waals surface area contributed by atoms with Crippen molar-refractivity contribution in [2.24, 2.45) is 16.7 Å². The highest BCUT2D eigenvalue weighted by Crippen LogP contribution is 2.28. The number of guanidine groups is 1. The van der Waals surface area contributed by atoms with E-state index in [1.165, 1.54) is 0 Å². The normalized spacial score (nSPS) is 15.9. The molecule has 0 saturated heterocycles. The van der Waals surface area contributed by atoms with E-state index in [0.29, 0.717) is 5.69 Å². The molecular weight excluding hydrogens is 194 g/mol. The van der Waals surface area contributed by atoms with Gasteiger partial charge in [-0.2, -0.15) is 0 Å². The van der Waals surface area contributed by atoms with Crippen molar-refractivity contribution in [2.75, 3.05) is 16.8 Å². The number of hydrazone groups is 1. The molecular formula is C9H11N5O. The topological polar surface area (TPSA) is 96.7 Å². The molecule has 2 rings (SSSR count). The maximum atomic E-state index is 11.4. The molecule has 0 fully saturated rings. The molecule has 0 spiro atoms. The Kier molecular flexibility index (Phi) is 2.17. The van der Waals surface area contributed by atoms with Crippen LogP contribution in [0.2, 0.25) is 0 Å². The molecule has 0 aromatic heterocycles. The van der Waals surface area contributed by atoms with Crippen LogP contribution in [0.4, 0.5) is 11.4 Å². The van der Waals surface area contributed by atoms with E-state index in [9.17, 15) is 4.79 Å². The van der Waals surface area contributed by atoms with Gasteiger partial charge >= 0.3 is 0 Å². The number of anilines is 2. The number of carbonyl (C=O) groups excluding carboxylic acids is 1.